The second-order valence-corrected chi connectivity index (χ2v) is 5.88. The summed E-state index contributed by atoms with van der Waals surface area (Å²) >= 11 is 0. The molecule has 0 fully saturated rings. The highest BCUT2D eigenvalue weighted by molar-refractivity contribution is 5.80. The molecule has 131 valence electrons. The first-order chi connectivity index (χ1) is 11.4. The van der Waals surface area contributed by atoms with E-state index in [1.165, 1.54) is 0 Å². The molecule has 0 saturated carbocycles. The first kappa shape index (κ1) is 19.9. The fraction of sp³-hybridized carbons (Fsp3) is 0.421. The van der Waals surface area contributed by atoms with Crippen molar-refractivity contribution in [3.05, 3.63) is 54.0 Å². The van der Waals surface area contributed by atoms with Gasteiger partial charge in [0.05, 0.1) is 12.0 Å². The van der Waals surface area contributed by atoms with Crippen molar-refractivity contribution >= 4 is 11.8 Å². The molecule has 0 aromatic heterocycles. The third-order valence-corrected chi connectivity index (χ3v) is 3.84. The Kier molecular flexibility index (Phi) is 8.79. The van der Waals surface area contributed by atoms with E-state index >= 15 is 0 Å². The van der Waals surface area contributed by atoms with Crippen molar-refractivity contribution in [2.75, 3.05) is 0 Å². The zero-order chi connectivity index (χ0) is 17.9. The van der Waals surface area contributed by atoms with E-state index in [1.807, 2.05) is 37.3 Å². The molecular formula is C19H27N2O3. The monoisotopic (exact) mass is 331 g/mol. The fourth-order valence-corrected chi connectivity index (χ4v) is 2.61. The predicted octanol–water partition coefficient (Wildman–Crippen LogP) is 1.89. The van der Waals surface area contributed by atoms with Crippen molar-refractivity contribution in [2.24, 2.45) is 17.4 Å². The molecule has 0 heterocycles. The van der Waals surface area contributed by atoms with Crippen LogP contribution in [0.4, 0.5) is 0 Å². The predicted molar refractivity (Wildman–Crippen MR) is 94.6 cm³/mol. The van der Waals surface area contributed by atoms with Gasteiger partial charge in [-0.05, 0) is 31.2 Å². The Labute approximate surface area is 143 Å². The Bertz CT molecular complexity index is 555. The van der Waals surface area contributed by atoms with E-state index in [4.69, 9.17) is 11.5 Å². The van der Waals surface area contributed by atoms with Crippen LogP contribution >= 0.6 is 0 Å². The Morgan fingerprint density at radius 2 is 1.88 bits per heavy atom. The Hall–Kier alpha value is -2.14. The molecule has 0 aliphatic carbocycles. The smallest absolute Gasteiger partial charge is 0.224 e. The maximum absolute atomic E-state index is 11.8. The van der Waals surface area contributed by atoms with E-state index in [-0.39, 0.29) is 12.8 Å². The maximum Gasteiger partial charge on any atom is 0.224 e. The highest BCUT2D eigenvalue weighted by Gasteiger charge is 2.23. The molecule has 5 heteroatoms. The Balaban J connectivity index is 2.70. The van der Waals surface area contributed by atoms with Crippen LogP contribution in [0.3, 0.4) is 0 Å². The molecule has 1 radical (unpaired) electrons. The highest BCUT2D eigenvalue weighted by atomic mass is 16.3. The number of amides is 2. The SMILES string of the molecule is CCCC(=CCC(N)=O)[C@@H](C[C@@H](O)[CH]Cc1ccccc1)C(N)=O. The fourth-order valence-electron chi connectivity index (χ4n) is 2.61. The van der Waals surface area contributed by atoms with E-state index in [1.54, 1.807) is 12.5 Å². The van der Waals surface area contributed by atoms with Crippen molar-refractivity contribution in [3.8, 4) is 0 Å². The van der Waals surface area contributed by atoms with Gasteiger partial charge in [-0.15, -0.1) is 0 Å². The zero-order valence-electron chi connectivity index (χ0n) is 14.2. The summed E-state index contributed by atoms with van der Waals surface area (Å²) < 4.78 is 0. The molecule has 0 aliphatic heterocycles. The zero-order valence-corrected chi connectivity index (χ0v) is 14.2. The number of primary amides is 2. The molecule has 0 unspecified atom stereocenters. The average Bonchev–Trinajstić information content (AvgIpc) is 2.55. The summed E-state index contributed by atoms with van der Waals surface area (Å²) in [7, 11) is 0. The van der Waals surface area contributed by atoms with Crippen molar-refractivity contribution in [3.63, 3.8) is 0 Å². The molecule has 1 aromatic rings. The Morgan fingerprint density at radius 3 is 2.42 bits per heavy atom. The van der Waals surface area contributed by atoms with E-state index in [2.05, 4.69) is 0 Å². The summed E-state index contributed by atoms with van der Waals surface area (Å²) in [4.78, 5) is 22.8. The third-order valence-electron chi connectivity index (χ3n) is 3.84. The van der Waals surface area contributed by atoms with Gasteiger partial charge in [-0.3, -0.25) is 9.59 Å². The normalized spacial score (nSPS) is 14.2. The van der Waals surface area contributed by atoms with E-state index in [0.717, 1.165) is 17.6 Å². The van der Waals surface area contributed by atoms with Gasteiger partial charge in [-0.25, -0.2) is 0 Å². The van der Waals surface area contributed by atoms with Crippen molar-refractivity contribution in [2.45, 2.75) is 45.1 Å². The number of aliphatic hydroxyl groups is 1. The van der Waals surface area contributed by atoms with E-state index in [9.17, 15) is 14.7 Å². The van der Waals surface area contributed by atoms with Crippen molar-refractivity contribution < 1.29 is 14.7 Å². The van der Waals surface area contributed by atoms with Gasteiger partial charge in [0.15, 0.2) is 0 Å². The van der Waals surface area contributed by atoms with Crippen LogP contribution in [0.15, 0.2) is 42.0 Å². The molecular weight excluding hydrogens is 304 g/mol. The Morgan fingerprint density at radius 1 is 1.21 bits per heavy atom. The largest absolute Gasteiger partial charge is 0.393 e. The molecule has 24 heavy (non-hydrogen) atoms. The van der Waals surface area contributed by atoms with Crippen LogP contribution in [0.5, 0.6) is 0 Å². The summed E-state index contributed by atoms with van der Waals surface area (Å²) in [6.45, 7) is 1.98. The molecule has 5 N–H and O–H groups in total. The lowest BCUT2D eigenvalue weighted by molar-refractivity contribution is -0.121. The number of carbonyl (C=O) groups excluding carboxylic acids is 2. The van der Waals surface area contributed by atoms with Gasteiger partial charge in [-0.1, -0.05) is 55.3 Å². The van der Waals surface area contributed by atoms with Gasteiger partial charge >= 0.3 is 0 Å². The van der Waals surface area contributed by atoms with Crippen LogP contribution in [0, 0.1) is 12.3 Å². The molecule has 2 atom stereocenters. The average molecular weight is 331 g/mol. The molecule has 0 aliphatic rings. The third kappa shape index (κ3) is 7.42. The minimum absolute atomic E-state index is 0.0724. The van der Waals surface area contributed by atoms with Crippen LogP contribution in [-0.2, 0) is 16.0 Å². The molecule has 1 rings (SSSR count). The van der Waals surface area contributed by atoms with Crippen molar-refractivity contribution in [1.29, 1.82) is 0 Å². The topological polar surface area (TPSA) is 106 Å². The molecule has 0 bridgehead atoms. The van der Waals surface area contributed by atoms with Crippen LogP contribution in [-0.4, -0.2) is 23.0 Å². The van der Waals surface area contributed by atoms with Gasteiger partial charge in [0, 0.05) is 6.42 Å². The first-order valence-electron chi connectivity index (χ1n) is 8.25. The van der Waals surface area contributed by atoms with Crippen LogP contribution < -0.4 is 11.5 Å². The van der Waals surface area contributed by atoms with E-state index < -0.39 is 23.8 Å². The molecule has 0 spiro atoms. The number of rotatable bonds is 11. The number of aliphatic hydroxyl groups excluding tert-OH is 1. The summed E-state index contributed by atoms with van der Waals surface area (Å²) in [5, 5.41) is 10.2. The van der Waals surface area contributed by atoms with Crippen LogP contribution in [0.25, 0.3) is 0 Å². The van der Waals surface area contributed by atoms with Gasteiger partial charge < -0.3 is 16.6 Å². The summed E-state index contributed by atoms with van der Waals surface area (Å²) in [6, 6.07) is 9.76. The van der Waals surface area contributed by atoms with Crippen LogP contribution in [0.1, 0.15) is 38.2 Å². The van der Waals surface area contributed by atoms with Gasteiger partial charge in [0.2, 0.25) is 11.8 Å². The minimum Gasteiger partial charge on any atom is -0.393 e. The number of benzene rings is 1. The summed E-state index contributed by atoms with van der Waals surface area (Å²) in [5.74, 6) is -1.54. The summed E-state index contributed by atoms with van der Waals surface area (Å²) in [5.41, 5.74) is 12.5. The summed E-state index contributed by atoms with van der Waals surface area (Å²) in [6.07, 6.45) is 5.05. The second-order valence-electron chi connectivity index (χ2n) is 5.88. The highest BCUT2D eigenvalue weighted by Crippen LogP contribution is 2.23. The standard InChI is InChI=1S/C19H27N2O3/c1-2-6-15(10-12-18(20)23)17(19(21)24)13-16(22)11-9-14-7-4-3-5-8-14/h3-5,7-8,10-11,16-17,22H,2,6,9,12-13H2,1H3,(H2,20,23)(H2,21,24)/t16-,17+/m0/s1. The number of hydrogen-bond acceptors (Lipinski definition) is 3. The number of carbonyl (C=O) groups is 2. The number of nitrogens with two attached hydrogens (primary N) is 2. The van der Waals surface area contributed by atoms with Gasteiger partial charge in [-0.2, -0.15) is 0 Å². The van der Waals surface area contributed by atoms with Gasteiger partial charge in [0.25, 0.3) is 0 Å². The lowest BCUT2D eigenvalue weighted by Gasteiger charge is -2.20. The molecule has 0 saturated heterocycles. The van der Waals surface area contributed by atoms with E-state index in [0.29, 0.717) is 12.8 Å². The van der Waals surface area contributed by atoms with Crippen LogP contribution in [0.2, 0.25) is 0 Å². The van der Waals surface area contributed by atoms with Gasteiger partial charge in [0.1, 0.15) is 0 Å². The molecule has 2 amide bonds. The second kappa shape index (κ2) is 10.6. The van der Waals surface area contributed by atoms with Crippen molar-refractivity contribution in [1.82, 2.24) is 0 Å². The lowest BCUT2D eigenvalue weighted by atomic mass is 9.87. The quantitative estimate of drug-likeness (QED) is 0.539. The maximum atomic E-state index is 11.8. The first-order valence-corrected chi connectivity index (χ1v) is 8.25. The lowest BCUT2D eigenvalue weighted by Crippen LogP contribution is -2.29. The molecule has 1 aromatic carbocycles. The number of hydrogen-bond donors (Lipinski definition) is 3. The molecule has 5 nitrogen and oxygen atoms in total. The minimum atomic E-state index is -0.753.